The average Bonchev–Trinajstić information content (AvgIpc) is 3.13. The first-order chi connectivity index (χ1) is 14.9. The molecule has 0 spiro atoms. The fourth-order valence-electron chi connectivity index (χ4n) is 3.26. The maximum atomic E-state index is 13.4. The summed E-state index contributed by atoms with van der Waals surface area (Å²) in [5.74, 6) is 0. The van der Waals surface area contributed by atoms with Crippen LogP contribution in [0, 0.1) is 10.1 Å². The van der Waals surface area contributed by atoms with Gasteiger partial charge in [-0.05, 0) is 43.3 Å². The molecule has 0 saturated heterocycles. The summed E-state index contributed by atoms with van der Waals surface area (Å²) >= 11 is 5.95. The fourth-order valence-corrected chi connectivity index (χ4v) is 3.38. The SMILES string of the molecule is CC(=Nc1ccc(Cl)cc1)c1c(-c2ccccc2)[nH]n(-c2ccc([N+](=O)[O-])cc2)c1=O. The summed E-state index contributed by atoms with van der Waals surface area (Å²) in [6.45, 7) is 1.77. The number of H-pyrrole nitrogens is 1. The number of hydrogen-bond acceptors (Lipinski definition) is 4. The van der Waals surface area contributed by atoms with Gasteiger partial charge in [0, 0.05) is 22.7 Å². The minimum Gasteiger partial charge on any atom is -0.290 e. The molecule has 4 rings (SSSR count). The highest BCUT2D eigenvalue weighted by Gasteiger charge is 2.19. The smallest absolute Gasteiger partial charge is 0.280 e. The van der Waals surface area contributed by atoms with Crippen LogP contribution in [0.2, 0.25) is 5.02 Å². The van der Waals surface area contributed by atoms with Gasteiger partial charge in [0.15, 0.2) is 0 Å². The normalized spacial score (nSPS) is 11.5. The Bertz CT molecular complexity index is 1320. The molecule has 0 unspecified atom stereocenters. The topological polar surface area (TPSA) is 93.3 Å². The summed E-state index contributed by atoms with van der Waals surface area (Å²) in [5, 5.41) is 14.7. The van der Waals surface area contributed by atoms with Gasteiger partial charge in [-0.25, -0.2) is 4.68 Å². The summed E-state index contributed by atoms with van der Waals surface area (Å²) < 4.78 is 1.36. The lowest BCUT2D eigenvalue weighted by Gasteiger charge is -2.03. The van der Waals surface area contributed by atoms with Crippen molar-refractivity contribution in [3.8, 4) is 16.9 Å². The van der Waals surface area contributed by atoms with Crippen molar-refractivity contribution < 1.29 is 4.92 Å². The molecule has 1 N–H and O–H groups in total. The number of nitrogens with one attached hydrogen (secondary N) is 1. The molecule has 0 bridgehead atoms. The Kier molecular flexibility index (Phi) is 5.51. The molecule has 4 aromatic rings. The van der Waals surface area contributed by atoms with Crippen molar-refractivity contribution in [1.29, 1.82) is 0 Å². The number of hydrogen-bond donors (Lipinski definition) is 1. The van der Waals surface area contributed by atoms with Crippen LogP contribution in [0.4, 0.5) is 11.4 Å². The lowest BCUT2D eigenvalue weighted by atomic mass is 10.1. The summed E-state index contributed by atoms with van der Waals surface area (Å²) in [6.07, 6.45) is 0. The monoisotopic (exact) mass is 432 g/mol. The lowest BCUT2D eigenvalue weighted by Crippen LogP contribution is -2.19. The van der Waals surface area contributed by atoms with Gasteiger partial charge < -0.3 is 0 Å². The number of benzene rings is 3. The lowest BCUT2D eigenvalue weighted by molar-refractivity contribution is -0.384. The Labute approximate surface area is 182 Å². The van der Waals surface area contributed by atoms with E-state index in [2.05, 4.69) is 10.1 Å². The van der Waals surface area contributed by atoms with E-state index in [0.717, 1.165) is 5.56 Å². The summed E-state index contributed by atoms with van der Waals surface area (Å²) in [5.41, 5.74) is 3.18. The second-order valence-corrected chi connectivity index (χ2v) is 7.25. The van der Waals surface area contributed by atoms with E-state index in [1.807, 2.05) is 30.3 Å². The summed E-state index contributed by atoms with van der Waals surface area (Å²) in [6, 6.07) is 22.2. The molecule has 0 fully saturated rings. The van der Waals surface area contributed by atoms with Crippen LogP contribution in [0.5, 0.6) is 0 Å². The molecule has 1 heterocycles. The van der Waals surface area contributed by atoms with E-state index in [4.69, 9.17) is 11.6 Å². The number of non-ortho nitro benzene ring substituents is 1. The maximum Gasteiger partial charge on any atom is 0.280 e. The van der Waals surface area contributed by atoms with Gasteiger partial charge in [-0.3, -0.25) is 25.0 Å². The third-order valence-corrected chi connectivity index (χ3v) is 5.01. The zero-order valence-electron chi connectivity index (χ0n) is 16.4. The van der Waals surface area contributed by atoms with Crippen molar-refractivity contribution in [1.82, 2.24) is 9.78 Å². The number of aliphatic imine (C=N–C) groups is 1. The third-order valence-electron chi connectivity index (χ3n) is 4.76. The highest BCUT2D eigenvalue weighted by molar-refractivity contribution is 6.30. The number of aromatic nitrogens is 2. The second kappa shape index (κ2) is 8.41. The predicted molar refractivity (Wildman–Crippen MR) is 122 cm³/mol. The first-order valence-corrected chi connectivity index (χ1v) is 9.78. The first-order valence-electron chi connectivity index (χ1n) is 9.40. The van der Waals surface area contributed by atoms with Gasteiger partial charge in [0.2, 0.25) is 0 Å². The fraction of sp³-hybridized carbons (Fsp3) is 0.0435. The van der Waals surface area contributed by atoms with Crippen LogP contribution < -0.4 is 5.56 Å². The van der Waals surface area contributed by atoms with Crippen molar-refractivity contribution in [2.45, 2.75) is 6.92 Å². The number of nitro benzene ring substituents is 1. The van der Waals surface area contributed by atoms with E-state index in [1.54, 1.807) is 31.2 Å². The van der Waals surface area contributed by atoms with E-state index in [1.165, 1.54) is 28.9 Å². The van der Waals surface area contributed by atoms with Crippen LogP contribution in [0.25, 0.3) is 16.9 Å². The van der Waals surface area contributed by atoms with Gasteiger partial charge in [0.1, 0.15) is 0 Å². The average molecular weight is 433 g/mol. The zero-order valence-corrected chi connectivity index (χ0v) is 17.2. The number of aromatic amines is 1. The van der Waals surface area contributed by atoms with Gasteiger partial charge in [0.05, 0.1) is 33.3 Å². The van der Waals surface area contributed by atoms with E-state index in [-0.39, 0.29) is 11.2 Å². The van der Waals surface area contributed by atoms with Crippen LogP contribution >= 0.6 is 11.6 Å². The molecule has 0 atom stereocenters. The van der Waals surface area contributed by atoms with Crippen molar-refractivity contribution in [3.05, 3.63) is 110 Å². The van der Waals surface area contributed by atoms with Crippen molar-refractivity contribution in [2.24, 2.45) is 4.99 Å². The van der Waals surface area contributed by atoms with E-state index in [9.17, 15) is 14.9 Å². The molecule has 0 aliphatic carbocycles. The predicted octanol–water partition coefficient (Wildman–Crippen LogP) is 5.53. The molecular weight excluding hydrogens is 416 g/mol. The third kappa shape index (κ3) is 4.17. The van der Waals surface area contributed by atoms with Crippen molar-refractivity contribution in [2.75, 3.05) is 0 Å². The standard InChI is InChI=1S/C23H17ClN4O3/c1-15(25-18-9-7-17(24)8-10-18)21-22(16-5-3-2-4-6-16)26-27(23(21)29)19-11-13-20(14-12-19)28(30)31/h2-14,26H,1H3. The molecule has 154 valence electrons. The van der Waals surface area contributed by atoms with Gasteiger partial charge in [-0.15, -0.1) is 0 Å². The zero-order chi connectivity index (χ0) is 22.0. The van der Waals surface area contributed by atoms with Crippen LogP contribution in [0.1, 0.15) is 12.5 Å². The van der Waals surface area contributed by atoms with Crippen LogP contribution in [0.15, 0.2) is 88.6 Å². The number of halogens is 1. The van der Waals surface area contributed by atoms with Crippen LogP contribution in [-0.4, -0.2) is 20.4 Å². The molecule has 0 amide bonds. The molecule has 7 nitrogen and oxygen atoms in total. The molecule has 31 heavy (non-hydrogen) atoms. The highest BCUT2D eigenvalue weighted by atomic mass is 35.5. The second-order valence-electron chi connectivity index (χ2n) is 6.82. The molecule has 0 aliphatic rings. The van der Waals surface area contributed by atoms with E-state index in [0.29, 0.717) is 33.4 Å². The Morgan fingerprint density at radius 1 is 1.00 bits per heavy atom. The van der Waals surface area contributed by atoms with Gasteiger partial charge in [-0.1, -0.05) is 41.9 Å². The van der Waals surface area contributed by atoms with E-state index < -0.39 is 4.92 Å². The minimum atomic E-state index is -0.481. The van der Waals surface area contributed by atoms with Crippen molar-refractivity contribution in [3.63, 3.8) is 0 Å². The van der Waals surface area contributed by atoms with Gasteiger partial charge in [-0.2, -0.15) is 0 Å². The van der Waals surface area contributed by atoms with Crippen LogP contribution in [0.3, 0.4) is 0 Å². The summed E-state index contributed by atoms with van der Waals surface area (Å²) in [7, 11) is 0. The van der Waals surface area contributed by atoms with Crippen LogP contribution in [-0.2, 0) is 0 Å². The largest absolute Gasteiger partial charge is 0.290 e. The summed E-state index contributed by atoms with van der Waals surface area (Å²) in [4.78, 5) is 28.4. The Morgan fingerprint density at radius 2 is 1.65 bits per heavy atom. The molecule has 8 heteroatoms. The molecule has 3 aromatic carbocycles. The maximum absolute atomic E-state index is 13.4. The first kappa shape index (κ1) is 20.3. The Morgan fingerprint density at radius 3 is 2.26 bits per heavy atom. The Hall–Kier alpha value is -3.97. The van der Waals surface area contributed by atoms with Gasteiger partial charge in [0.25, 0.3) is 11.2 Å². The number of nitrogens with zero attached hydrogens (tertiary/aromatic N) is 3. The van der Waals surface area contributed by atoms with E-state index >= 15 is 0 Å². The van der Waals surface area contributed by atoms with Gasteiger partial charge >= 0.3 is 0 Å². The Balaban J connectivity index is 1.88. The molecule has 0 saturated carbocycles. The molecule has 0 aliphatic heterocycles. The quantitative estimate of drug-likeness (QED) is 0.255. The molecule has 0 radical (unpaired) electrons. The number of nitro groups is 1. The molecular formula is C23H17ClN4O3. The van der Waals surface area contributed by atoms with Crippen molar-refractivity contribution >= 4 is 28.7 Å². The highest BCUT2D eigenvalue weighted by Crippen LogP contribution is 2.24. The number of rotatable bonds is 5. The molecule has 1 aromatic heterocycles. The minimum absolute atomic E-state index is 0.0488.